The van der Waals surface area contributed by atoms with E-state index in [2.05, 4.69) is 26.1 Å². The number of rotatable bonds is 4. The molecule has 7 nitrogen and oxygen atoms in total. The second kappa shape index (κ2) is 6.33. The summed E-state index contributed by atoms with van der Waals surface area (Å²) >= 11 is 3.24. The van der Waals surface area contributed by atoms with E-state index < -0.39 is 0 Å². The Morgan fingerprint density at radius 2 is 2.16 bits per heavy atom. The van der Waals surface area contributed by atoms with Crippen LogP contribution in [0.3, 0.4) is 0 Å². The number of nitrogens with zero attached hydrogens (tertiary/aromatic N) is 3. The fourth-order valence-electron chi connectivity index (χ4n) is 3.42. The van der Waals surface area contributed by atoms with Gasteiger partial charge >= 0.3 is 5.69 Å². The van der Waals surface area contributed by atoms with Crippen LogP contribution in [-0.4, -0.2) is 43.8 Å². The highest BCUT2D eigenvalue weighted by Gasteiger charge is 2.36. The van der Waals surface area contributed by atoms with Crippen molar-refractivity contribution in [1.29, 1.82) is 0 Å². The molecule has 2 aromatic rings. The van der Waals surface area contributed by atoms with Crippen molar-refractivity contribution < 1.29 is 9.90 Å². The Morgan fingerprint density at radius 3 is 2.88 bits per heavy atom. The van der Waals surface area contributed by atoms with Crippen molar-refractivity contribution in [2.24, 2.45) is 11.8 Å². The zero-order valence-corrected chi connectivity index (χ0v) is 15.2. The summed E-state index contributed by atoms with van der Waals surface area (Å²) in [5, 5.41) is 16.5. The van der Waals surface area contributed by atoms with Gasteiger partial charge in [-0.2, -0.15) is 5.10 Å². The topological polar surface area (TPSA) is 91.2 Å². The summed E-state index contributed by atoms with van der Waals surface area (Å²) in [6, 6.07) is 4.98. The molecule has 0 radical (unpaired) electrons. The van der Waals surface area contributed by atoms with Crippen molar-refractivity contribution >= 4 is 21.8 Å². The maximum Gasteiger partial charge on any atom is 0.347 e. The summed E-state index contributed by atoms with van der Waals surface area (Å²) in [5.74, 6) is 1.50. The number of aromatic hydroxyl groups is 1. The van der Waals surface area contributed by atoms with Crippen molar-refractivity contribution in [3.63, 3.8) is 0 Å². The fraction of sp³-hybridized carbons (Fsp3) is 0.471. The van der Waals surface area contributed by atoms with E-state index in [1.807, 2.05) is 4.90 Å². The maximum absolute atomic E-state index is 12.2. The number of benzene rings is 1. The molecule has 1 aliphatic carbocycles. The molecule has 0 bridgehead atoms. The average Bonchev–Trinajstić information content (AvgIpc) is 3.24. The first kappa shape index (κ1) is 16.4. The van der Waals surface area contributed by atoms with Crippen LogP contribution in [0.25, 0.3) is 5.69 Å². The standard InChI is InChI=1S/C17H19BrN4O3/c18-13-4-3-12(8-14(13)23)22-15(19-20-17(22)25)7-10-5-6-21(9-10)16(24)11-1-2-11/h3-4,8,10-11,23H,1-2,5-7,9H2,(H,20,25)/t10-/m0/s1. The first-order valence-corrected chi connectivity index (χ1v) is 9.26. The van der Waals surface area contributed by atoms with Crippen molar-refractivity contribution in [2.75, 3.05) is 13.1 Å². The van der Waals surface area contributed by atoms with Crippen LogP contribution in [0.4, 0.5) is 0 Å². The number of aromatic nitrogens is 3. The van der Waals surface area contributed by atoms with Crippen LogP contribution in [-0.2, 0) is 11.2 Å². The molecular formula is C17H19BrN4O3. The van der Waals surface area contributed by atoms with Crippen LogP contribution in [0.2, 0.25) is 0 Å². The molecule has 1 saturated heterocycles. The predicted molar refractivity (Wildman–Crippen MR) is 94.7 cm³/mol. The molecule has 2 aliphatic rings. The minimum Gasteiger partial charge on any atom is -0.507 e. The van der Waals surface area contributed by atoms with Crippen molar-refractivity contribution in [2.45, 2.75) is 25.7 Å². The quantitative estimate of drug-likeness (QED) is 0.809. The molecule has 8 heteroatoms. The average molecular weight is 407 g/mol. The molecular weight excluding hydrogens is 388 g/mol. The van der Waals surface area contributed by atoms with Gasteiger partial charge in [0, 0.05) is 31.5 Å². The van der Waals surface area contributed by atoms with Gasteiger partial charge in [0.05, 0.1) is 10.2 Å². The molecule has 2 heterocycles. The highest BCUT2D eigenvalue weighted by atomic mass is 79.9. The number of nitrogens with one attached hydrogen (secondary N) is 1. The third kappa shape index (κ3) is 3.22. The molecule has 1 aromatic carbocycles. The number of hydrogen-bond acceptors (Lipinski definition) is 4. The van der Waals surface area contributed by atoms with E-state index in [1.54, 1.807) is 12.1 Å². The zero-order valence-electron chi connectivity index (χ0n) is 13.6. The second-order valence-electron chi connectivity index (χ2n) is 6.83. The number of H-pyrrole nitrogens is 1. The number of amides is 1. The van der Waals surface area contributed by atoms with Gasteiger partial charge in [-0.05, 0) is 53.2 Å². The predicted octanol–water partition coefficient (Wildman–Crippen LogP) is 1.83. The van der Waals surface area contributed by atoms with E-state index in [1.165, 1.54) is 10.6 Å². The lowest BCUT2D eigenvalue weighted by atomic mass is 10.0. The SMILES string of the molecule is O=C(C1CC1)N1CC[C@@H](Cc2n[nH]c(=O)n2-c2ccc(Br)c(O)c2)C1. The van der Waals surface area contributed by atoms with E-state index in [0.717, 1.165) is 32.4 Å². The minimum absolute atomic E-state index is 0.0682. The van der Waals surface area contributed by atoms with Gasteiger partial charge in [0.25, 0.3) is 0 Å². The first-order valence-electron chi connectivity index (χ1n) is 8.47. The van der Waals surface area contributed by atoms with Crippen molar-refractivity contribution in [3.8, 4) is 11.4 Å². The Balaban J connectivity index is 1.53. The maximum atomic E-state index is 12.2. The number of carbonyl (C=O) groups excluding carboxylic acids is 1. The summed E-state index contributed by atoms with van der Waals surface area (Å²) in [7, 11) is 0. The largest absolute Gasteiger partial charge is 0.507 e. The van der Waals surface area contributed by atoms with Crippen molar-refractivity contribution in [1.82, 2.24) is 19.7 Å². The van der Waals surface area contributed by atoms with E-state index >= 15 is 0 Å². The van der Waals surface area contributed by atoms with Crippen LogP contribution in [0.5, 0.6) is 5.75 Å². The lowest BCUT2D eigenvalue weighted by molar-refractivity contribution is -0.131. The molecule has 1 atom stereocenters. The van der Waals surface area contributed by atoms with E-state index in [0.29, 0.717) is 28.3 Å². The number of hydrogen-bond donors (Lipinski definition) is 2. The van der Waals surface area contributed by atoms with Gasteiger partial charge < -0.3 is 10.0 Å². The van der Waals surface area contributed by atoms with E-state index in [9.17, 15) is 14.7 Å². The summed E-state index contributed by atoms with van der Waals surface area (Å²) in [5.41, 5.74) is 0.235. The normalized spacial score (nSPS) is 20.2. The van der Waals surface area contributed by atoms with Gasteiger partial charge in [0.2, 0.25) is 5.91 Å². The molecule has 1 aromatic heterocycles. The van der Waals surface area contributed by atoms with Crippen LogP contribution in [0, 0.1) is 11.8 Å². The number of phenols is 1. The molecule has 132 valence electrons. The molecule has 2 N–H and O–H groups in total. The van der Waals surface area contributed by atoms with E-state index in [-0.39, 0.29) is 23.3 Å². The Kier molecular flexibility index (Phi) is 4.15. The third-order valence-corrected chi connectivity index (χ3v) is 5.60. The van der Waals surface area contributed by atoms with Crippen molar-refractivity contribution in [3.05, 3.63) is 39.0 Å². The monoisotopic (exact) mass is 406 g/mol. The number of aromatic amines is 1. The second-order valence-corrected chi connectivity index (χ2v) is 7.69. The van der Waals surface area contributed by atoms with Crippen LogP contribution >= 0.6 is 15.9 Å². The first-order chi connectivity index (χ1) is 12.0. The molecule has 0 unspecified atom stereocenters. The minimum atomic E-state index is -0.333. The lowest BCUT2D eigenvalue weighted by Crippen LogP contribution is -2.30. The highest BCUT2D eigenvalue weighted by molar-refractivity contribution is 9.10. The Morgan fingerprint density at radius 1 is 1.36 bits per heavy atom. The smallest absolute Gasteiger partial charge is 0.347 e. The van der Waals surface area contributed by atoms with Gasteiger partial charge in [-0.25, -0.2) is 14.5 Å². The number of phenolic OH excluding ortho intramolecular Hbond substituents is 1. The van der Waals surface area contributed by atoms with Crippen LogP contribution in [0.1, 0.15) is 25.1 Å². The lowest BCUT2D eigenvalue weighted by Gasteiger charge is -2.16. The highest BCUT2D eigenvalue weighted by Crippen LogP contribution is 2.33. The van der Waals surface area contributed by atoms with Gasteiger partial charge in [-0.1, -0.05) is 0 Å². The molecule has 25 heavy (non-hydrogen) atoms. The van der Waals surface area contributed by atoms with Gasteiger partial charge in [0.15, 0.2) is 0 Å². The van der Waals surface area contributed by atoms with Crippen LogP contribution < -0.4 is 5.69 Å². The van der Waals surface area contributed by atoms with Crippen LogP contribution in [0.15, 0.2) is 27.5 Å². The Bertz CT molecular complexity index is 871. The number of carbonyl (C=O) groups is 1. The molecule has 1 amide bonds. The molecule has 0 spiro atoms. The van der Waals surface area contributed by atoms with Gasteiger partial charge in [-0.3, -0.25) is 4.79 Å². The summed E-state index contributed by atoms with van der Waals surface area (Å²) in [4.78, 5) is 26.3. The van der Waals surface area contributed by atoms with E-state index in [4.69, 9.17) is 0 Å². The molecule has 1 aliphatic heterocycles. The number of halogens is 1. The summed E-state index contributed by atoms with van der Waals surface area (Å²) in [6.07, 6.45) is 3.58. The van der Waals surface area contributed by atoms with Gasteiger partial charge in [-0.15, -0.1) is 0 Å². The summed E-state index contributed by atoms with van der Waals surface area (Å²) < 4.78 is 2.05. The molecule has 2 fully saturated rings. The fourth-order valence-corrected chi connectivity index (χ4v) is 3.67. The summed E-state index contributed by atoms with van der Waals surface area (Å²) in [6.45, 7) is 1.51. The van der Waals surface area contributed by atoms with Gasteiger partial charge in [0.1, 0.15) is 11.6 Å². The Labute approximate surface area is 152 Å². The third-order valence-electron chi connectivity index (χ3n) is 4.93. The molecule has 4 rings (SSSR count). The number of likely N-dealkylation sites (tertiary alicyclic amines) is 1. The molecule has 1 saturated carbocycles. The zero-order chi connectivity index (χ0) is 17.6. The Hall–Kier alpha value is -2.09.